The first-order valence-electron chi connectivity index (χ1n) is 4.68. The second kappa shape index (κ2) is 5.07. The molecule has 1 aliphatic heterocycles. The first kappa shape index (κ1) is 11.1. The first-order valence-corrected chi connectivity index (χ1v) is 4.68. The highest BCUT2D eigenvalue weighted by atomic mass is 16.5. The van der Waals surface area contributed by atoms with Crippen molar-refractivity contribution < 1.29 is 19.4 Å². The van der Waals surface area contributed by atoms with E-state index in [2.05, 4.69) is 5.32 Å². The minimum absolute atomic E-state index is 0.169. The smallest absolute Gasteiger partial charge is 0.328 e. The van der Waals surface area contributed by atoms with Gasteiger partial charge in [-0.1, -0.05) is 0 Å². The molecule has 1 saturated heterocycles. The maximum atomic E-state index is 11.7. The molecular weight excluding hydrogens is 186 g/mol. The van der Waals surface area contributed by atoms with Gasteiger partial charge in [0.2, 0.25) is 0 Å². The van der Waals surface area contributed by atoms with Gasteiger partial charge < -0.3 is 15.2 Å². The highest BCUT2D eigenvalue weighted by molar-refractivity contribution is 6.03. The monoisotopic (exact) mass is 201 g/mol. The normalized spacial score (nSPS) is 20.4. The molecule has 1 unspecified atom stereocenters. The van der Waals surface area contributed by atoms with Gasteiger partial charge in [0.15, 0.2) is 11.8 Å². The maximum Gasteiger partial charge on any atom is 0.328 e. The summed E-state index contributed by atoms with van der Waals surface area (Å²) >= 11 is 0. The standard InChI is InChI=1S/C9H15NO4/c1-10-7(9(12)13)8(11)6-2-4-14-5-3-6/h6-7,10H,2-5H2,1H3,(H,12,13). The van der Waals surface area contributed by atoms with E-state index in [0.29, 0.717) is 26.1 Å². The van der Waals surface area contributed by atoms with Crippen LogP contribution in [0, 0.1) is 5.92 Å². The number of aliphatic carboxylic acids is 1. The fourth-order valence-corrected chi connectivity index (χ4v) is 1.61. The van der Waals surface area contributed by atoms with Gasteiger partial charge in [-0.05, 0) is 19.9 Å². The van der Waals surface area contributed by atoms with Crippen LogP contribution < -0.4 is 5.32 Å². The lowest BCUT2D eigenvalue weighted by Gasteiger charge is -2.23. The van der Waals surface area contributed by atoms with Gasteiger partial charge in [-0.15, -0.1) is 0 Å². The van der Waals surface area contributed by atoms with Crippen LogP contribution in [-0.2, 0) is 14.3 Å². The Kier molecular flexibility index (Phi) is 4.03. The molecule has 1 rings (SSSR count). The molecule has 0 radical (unpaired) electrons. The molecule has 1 aliphatic rings. The molecule has 1 atom stereocenters. The Bertz CT molecular complexity index is 223. The minimum Gasteiger partial charge on any atom is -0.480 e. The van der Waals surface area contributed by atoms with E-state index in [0.717, 1.165) is 0 Å². The number of hydrogen-bond donors (Lipinski definition) is 2. The summed E-state index contributed by atoms with van der Waals surface area (Å²) in [6.07, 6.45) is 1.26. The molecule has 80 valence electrons. The summed E-state index contributed by atoms with van der Waals surface area (Å²) < 4.78 is 5.10. The summed E-state index contributed by atoms with van der Waals surface area (Å²) in [6, 6.07) is -1.07. The predicted octanol–water partition coefficient (Wildman–Crippen LogP) is -0.345. The van der Waals surface area contributed by atoms with E-state index in [9.17, 15) is 9.59 Å². The van der Waals surface area contributed by atoms with Crippen LogP contribution in [0.3, 0.4) is 0 Å². The number of carbonyl (C=O) groups excluding carboxylic acids is 1. The van der Waals surface area contributed by atoms with Crippen LogP contribution in [0.1, 0.15) is 12.8 Å². The van der Waals surface area contributed by atoms with Crippen LogP contribution in [0.2, 0.25) is 0 Å². The number of carboxylic acid groups (broad SMARTS) is 1. The zero-order valence-corrected chi connectivity index (χ0v) is 8.16. The number of ether oxygens (including phenoxy) is 1. The van der Waals surface area contributed by atoms with Gasteiger partial charge in [0.25, 0.3) is 0 Å². The van der Waals surface area contributed by atoms with Crippen LogP contribution in [0.5, 0.6) is 0 Å². The molecule has 1 heterocycles. The highest BCUT2D eigenvalue weighted by Crippen LogP contribution is 2.17. The Balaban J connectivity index is 2.56. The van der Waals surface area contributed by atoms with Crippen molar-refractivity contribution in [3.8, 4) is 0 Å². The first-order chi connectivity index (χ1) is 6.66. The third kappa shape index (κ3) is 2.52. The number of Topliss-reactive ketones (excluding diaryl/α,β-unsaturated/α-hetero) is 1. The average Bonchev–Trinajstić information content (AvgIpc) is 2.19. The van der Waals surface area contributed by atoms with Gasteiger partial charge in [0.1, 0.15) is 0 Å². The largest absolute Gasteiger partial charge is 0.480 e. The number of carbonyl (C=O) groups is 2. The van der Waals surface area contributed by atoms with Gasteiger partial charge >= 0.3 is 5.97 Å². The Morgan fingerprint density at radius 1 is 1.43 bits per heavy atom. The summed E-state index contributed by atoms with van der Waals surface area (Å²) in [5.74, 6) is -1.51. The molecule has 0 bridgehead atoms. The van der Waals surface area contributed by atoms with E-state index in [1.165, 1.54) is 7.05 Å². The van der Waals surface area contributed by atoms with Gasteiger partial charge in [-0.3, -0.25) is 9.59 Å². The summed E-state index contributed by atoms with van der Waals surface area (Å²) in [5.41, 5.74) is 0. The second-order valence-electron chi connectivity index (χ2n) is 3.35. The fraction of sp³-hybridized carbons (Fsp3) is 0.778. The molecule has 0 amide bonds. The Hall–Kier alpha value is -0.940. The molecule has 14 heavy (non-hydrogen) atoms. The number of carboxylic acids is 1. The van der Waals surface area contributed by atoms with Crippen LogP contribution in [0.15, 0.2) is 0 Å². The van der Waals surface area contributed by atoms with Crippen molar-refractivity contribution >= 4 is 11.8 Å². The number of rotatable bonds is 4. The van der Waals surface area contributed by atoms with E-state index in [1.54, 1.807) is 0 Å². The van der Waals surface area contributed by atoms with E-state index >= 15 is 0 Å². The van der Waals surface area contributed by atoms with Crippen molar-refractivity contribution in [1.29, 1.82) is 0 Å². The predicted molar refractivity (Wildman–Crippen MR) is 49.0 cm³/mol. The molecule has 1 fully saturated rings. The lowest BCUT2D eigenvalue weighted by Crippen LogP contribution is -2.45. The Labute approximate surface area is 82.4 Å². The molecule has 0 aromatic heterocycles. The van der Waals surface area contributed by atoms with Gasteiger partial charge in [-0.2, -0.15) is 0 Å². The van der Waals surface area contributed by atoms with Gasteiger partial charge in [0.05, 0.1) is 0 Å². The zero-order chi connectivity index (χ0) is 10.6. The SMILES string of the molecule is CNC(C(=O)O)C(=O)C1CCOCC1. The molecule has 2 N–H and O–H groups in total. The molecule has 0 aliphatic carbocycles. The summed E-state index contributed by atoms with van der Waals surface area (Å²) in [7, 11) is 1.48. The molecule has 5 heteroatoms. The summed E-state index contributed by atoms with van der Waals surface area (Å²) in [4.78, 5) is 22.4. The third-order valence-electron chi connectivity index (χ3n) is 2.44. The minimum atomic E-state index is -1.11. The maximum absolute atomic E-state index is 11.7. The van der Waals surface area contributed by atoms with Gasteiger partial charge in [-0.25, -0.2) is 0 Å². The van der Waals surface area contributed by atoms with Crippen LogP contribution in [0.4, 0.5) is 0 Å². The molecule has 5 nitrogen and oxygen atoms in total. The molecular formula is C9H15NO4. The number of likely N-dealkylation sites (N-methyl/N-ethyl adjacent to an activating group) is 1. The lowest BCUT2D eigenvalue weighted by atomic mass is 9.91. The second-order valence-corrected chi connectivity index (χ2v) is 3.35. The van der Waals surface area contributed by atoms with Crippen molar-refractivity contribution in [2.45, 2.75) is 18.9 Å². The third-order valence-corrected chi connectivity index (χ3v) is 2.44. The quantitative estimate of drug-likeness (QED) is 0.608. The molecule has 0 aromatic rings. The van der Waals surface area contributed by atoms with E-state index in [1.807, 2.05) is 0 Å². The molecule has 0 spiro atoms. The Morgan fingerprint density at radius 2 is 2.00 bits per heavy atom. The summed E-state index contributed by atoms with van der Waals surface area (Å²) in [5, 5.41) is 11.3. The topological polar surface area (TPSA) is 75.6 Å². The van der Waals surface area contributed by atoms with E-state index < -0.39 is 12.0 Å². The lowest BCUT2D eigenvalue weighted by molar-refractivity contribution is -0.145. The molecule has 0 aromatic carbocycles. The average molecular weight is 201 g/mol. The van der Waals surface area contributed by atoms with Crippen molar-refractivity contribution in [2.75, 3.05) is 20.3 Å². The van der Waals surface area contributed by atoms with Gasteiger partial charge in [0, 0.05) is 19.1 Å². The number of nitrogens with one attached hydrogen (secondary N) is 1. The van der Waals surface area contributed by atoms with Crippen molar-refractivity contribution in [3.05, 3.63) is 0 Å². The van der Waals surface area contributed by atoms with E-state index in [4.69, 9.17) is 9.84 Å². The van der Waals surface area contributed by atoms with Crippen molar-refractivity contribution in [1.82, 2.24) is 5.32 Å². The highest BCUT2D eigenvalue weighted by Gasteiger charge is 2.31. The van der Waals surface area contributed by atoms with E-state index in [-0.39, 0.29) is 11.7 Å². The Morgan fingerprint density at radius 3 is 2.43 bits per heavy atom. The number of hydrogen-bond acceptors (Lipinski definition) is 4. The van der Waals surface area contributed by atoms with Crippen molar-refractivity contribution in [2.24, 2.45) is 5.92 Å². The molecule has 0 saturated carbocycles. The summed E-state index contributed by atoms with van der Waals surface area (Å²) in [6.45, 7) is 1.10. The zero-order valence-electron chi connectivity index (χ0n) is 8.16. The van der Waals surface area contributed by atoms with Crippen LogP contribution in [0.25, 0.3) is 0 Å². The van der Waals surface area contributed by atoms with Crippen LogP contribution in [-0.4, -0.2) is 43.2 Å². The fourth-order valence-electron chi connectivity index (χ4n) is 1.61. The van der Waals surface area contributed by atoms with Crippen LogP contribution >= 0.6 is 0 Å². The van der Waals surface area contributed by atoms with Crippen molar-refractivity contribution in [3.63, 3.8) is 0 Å². The number of ketones is 1.